The Morgan fingerprint density at radius 1 is 1.14 bits per heavy atom. The Labute approximate surface area is 167 Å². The third kappa shape index (κ3) is 7.98. The number of aliphatic imine (C=N–C) groups is 1. The summed E-state index contributed by atoms with van der Waals surface area (Å²) in [6.07, 6.45) is 0.102. The van der Waals surface area contributed by atoms with E-state index in [1.54, 1.807) is 0 Å². The van der Waals surface area contributed by atoms with Crippen LogP contribution in [0, 0.1) is 6.92 Å². The monoisotopic (exact) mass is 404 g/mol. The quantitative estimate of drug-likeness (QED) is 0.463. The minimum atomic E-state index is -3.55. The van der Waals surface area contributed by atoms with E-state index in [-0.39, 0.29) is 18.4 Å². The van der Waals surface area contributed by atoms with Crippen molar-refractivity contribution in [3.63, 3.8) is 0 Å². The summed E-state index contributed by atoms with van der Waals surface area (Å²) in [5.41, 5.74) is 3.05. The van der Waals surface area contributed by atoms with Crippen LogP contribution < -0.4 is 20.5 Å². The number of nitrogens with one attached hydrogen (secondary N) is 2. The maximum absolute atomic E-state index is 11.2. The molecule has 152 valence electrons. The summed E-state index contributed by atoms with van der Waals surface area (Å²) in [7, 11) is -3.55. The number of aryl methyl sites for hydroxylation is 1. The predicted octanol–water partition coefficient (Wildman–Crippen LogP) is 2.63. The van der Waals surface area contributed by atoms with Gasteiger partial charge in [0.05, 0.1) is 18.4 Å². The van der Waals surface area contributed by atoms with E-state index in [1.165, 1.54) is 0 Å². The van der Waals surface area contributed by atoms with Crippen molar-refractivity contribution in [3.8, 4) is 5.75 Å². The summed E-state index contributed by atoms with van der Waals surface area (Å²) in [5.74, 6) is 1.07. The normalized spacial score (nSPS) is 12.1. The molecule has 0 amide bonds. The van der Waals surface area contributed by atoms with E-state index < -0.39 is 10.0 Å². The van der Waals surface area contributed by atoms with E-state index in [9.17, 15) is 8.42 Å². The summed E-state index contributed by atoms with van der Waals surface area (Å²) in [5, 5.41) is 11.3. The number of rotatable bonds is 8. The van der Waals surface area contributed by atoms with Crippen LogP contribution in [0.15, 0.2) is 53.5 Å². The standard InChI is InChI=1S/C20H28N4O3S/c1-15(2)27-19-10-8-18(9-11-19)24-20(22-12-13-28(21,25)26)23-14-17-7-5-4-6-16(17)3/h4-11,15H,12-14H2,1-3H3,(H2,21,25,26)(H2,22,23,24). The van der Waals surface area contributed by atoms with Gasteiger partial charge in [-0.1, -0.05) is 24.3 Å². The van der Waals surface area contributed by atoms with Gasteiger partial charge in [-0.2, -0.15) is 0 Å². The van der Waals surface area contributed by atoms with Gasteiger partial charge in [-0.05, 0) is 56.2 Å². The smallest absolute Gasteiger partial charge is 0.210 e. The summed E-state index contributed by atoms with van der Waals surface area (Å²) < 4.78 is 28.0. The first-order chi connectivity index (χ1) is 13.2. The summed E-state index contributed by atoms with van der Waals surface area (Å²) in [6, 6.07) is 15.5. The minimum Gasteiger partial charge on any atom is -0.491 e. The molecule has 2 rings (SSSR count). The van der Waals surface area contributed by atoms with Crippen LogP contribution in [0.1, 0.15) is 25.0 Å². The molecule has 0 aliphatic heterocycles. The highest BCUT2D eigenvalue weighted by Crippen LogP contribution is 2.17. The van der Waals surface area contributed by atoms with Crippen molar-refractivity contribution in [1.82, 2.24) is 5.32 Å². The average molecular weight is 405 g/mol. The Bertz CT molecular complexity index is 894. The number of hydrogen-bond donors (Lipinski definition) is 3. The topological polar surface area (TPSA) is 106 Å². The fourth-order valence-corrected chi connectivity index (χ4v) is 2.82. The summed E-state index contributed by atoms with van der Waals surface area (Å²) in [4.78, 5) is 4.57. The van der Waals surface area contributed by atoms with E-state index in [4.69, 9.17) is 9.88 Å². The molecule has 0 radical (unpaired) electrons. The molecule has 0 heterocycles. The van der Waals surface area contributed by atoms with E-state index in [0.717, 1.165) is 22.6 Å². The van der Waals surface area contributed by atoms with E-state index in [2.05, 4.69) is 15.6 Å². The molecule has 0 saturated heterocycles. The molecule has 0 bridgehead atoms. The van der Waals surface area contributed by atoms with Crippen molar-refractivity contribution >= 4 is 21.7 Å². The molecule has 4 N–H and O–H groups in total. The fourth-order valence-electron chi connectivity index (χ4n) is 2.43. The van der Waals surface area contributed by atoms with Crippen LogP contribution in [0.2, 0.25) is 0 Å². The first-order valence-electron chi connectivity index (χ1n) is 9.10. The number of primary sulfonamides is 1. The number of nitrogens with zero attached hydrogens (tertiary/aromatic N) is 1. The lowest BCUT2D eigenvalue weighted by Gasteiger charge is -2.14. The van der Waals surface area contributed by atoms with E-state index >= 15 is 0 Å². The maximum Gasteiger partial charge on any atom is 0.210 e. The molecule has 0 fully saturated rings. The second kappa shape index (κ2) is 10.1. The predicted molar refractivity (Wildman–Crippen MR) is 114 cm³/mol. The van der Waals surface area contributed by atoms with Crippen LogP contribution in [0.4, 0.5) is 5.69 Å². The van der Waals surface area contributed by atoms with E-state index in [0.29, 0.717) is 12.5 Å². The van der Waals surface area contributed by atoms with Crippen molar-refractivity contribution < 1.29 is 13.2 Å². The molecule has 8 heteroatoms. The van der Waals surface area contributed by atoms with Gasteiger partial charge in [0.1, 0.15) is 5.75 Å². The van der Waals surface area contributed by atoms with Crippen molar-refractivity contribution in [1.29, 1.82) is 0 Å². The molecular formula is C20H28N4O3S. The lowest BCUT2D eigenvalue weighted by Crippen LogP contribution is -2.35. The largest absolute Gasteiger partial charge is 0.491 e. The molecule has 0 aliphatic rings. The number of benzene rings is 2. The van der Waals surface area contributed by atoms with Crippen molar-refractivity contribution in [2.45, 2.75) is 33.4 Å². The summed E-state index contributed by atoms with van der Waals surface area (Å²) in [6.45, 7) is 6.59. The highest BCUT2D eigenvalue weighted by atomic mass is 32.2. The molecule has 0 saturated carbocycles. The van der Waals surface area contributed by atoms with Crippen molar-refractivity contribution in [2.24, 2.45) is 10.1 Å². The zero-order valence-corrected chi connectivity index (χ0v) is 17.3. The molecule has 0 atom stereocenters. The number of hydrogen-bond acceptors (Lipinski definition) is 4. The molecule has 2 aromatic carbocycles. The van der Waals surface area contributed by atoms with Crippen LogP contribution in [0.3, 0.4) is 0 Å². The number of guanidine groups is 1. The second-order valence-corrected chi connectivity index (χ2v) is 8.44. The van der Waals surface area contributed by atoms with Gasteiger partial charge in [0.2, 0.25) is 10.0 Å². The highest BCUT2D eigenvalue weighted by molar-refractivity contribution is 7.89. The molecular weight excluding hydrogens is 376 g/mol. The minimum absolute atomic E-state index is 0.102. The Kier molecular flexibility index (Phi) is 7.83. The number of sulfonamides is 1. The summed E-state index contributed by atoms with van der Waals surface area (Å²) >= 11 is 0. The molecule has 28 heavy (non-hydrogen) atoms. The number of nitrogens with two attached hydrogens (primary N) is 1. The van der Waals surface area contributed by atoms with Crippen LogP contribution >= 0.6 is 0 Å². The Morgan fingerprint density at radius 3 is 2.43 bits per heavy atom. The maximum atomic E-state index is 11.2. The molecule has 7 nitrogen and oxygen atoms in total. The van der Waals surface area contributed by atoms with Gasteiger partial charge in [0.15, 0.2) is 5.96 Å². The molecule has 0 unspecified atom stereocenters. The number of anilines is 1. The van der Waals surface area contributed by atoms with Crippen molar-refractivity contribution in [2.75, 3.05) is 17.6 Å². The zero-order valence-electron chi connectivity index (χ0n) is 16.5. The molecule has 0 aliphatic carbocycles. The van der Waals surface area contributed by atoms with Gasteiger partial charge in [-0.15, -0.1) is 0 Å². The lowest BCUT2D eigenvalue weighted by molar-refractivity contribution is 0.242. The van der Waals surface area contributed by atoms with Gasteiger partial charge in [0.25, 0.3) is 0 Å². The first-order valence-corrected chi connectivity index (χ1v) is 10.8. The SMILES string of the molecule is Cc1ccccc1CN=C(NCCS(N)(=O)=O)Nc1ccc(OC(C)C)cc1. The Morgan fingerprint density at radius 2 is 1.82 bits per heavy atom. The lowest BCUT2D eigenvalue weighted by atomic mass is 10.1. The van der Waals surface area contributed by atoms with Gasteiger partial charge < -0.3 is 15.4 Å². The molecule has 2 aromatic rings. The highest BCUT2D eigenvalue weighted by Gasteiger charge is 2.06. The van der Waals surface area contributed by atoms with Gasteiger partial charge in [-0.25, -0.2) is 18.5 Å². The Hall–Kier alpha value is -2.58. The van der Waals surface area contributed by atoms with E-state index in [1.807, 2.05) is 69.3 Å². The van der Waals surface area contributed by atoms with Crippen LogP contribution in [-0.4, -0.2) is 32.8 Å². The van der Waals surface area contributed by atoms with Crippen LogP contribution in [0.25, 0.3) is 0 Å². The van der Waals surface area contributed by atoms with Crippen molar-refractivity contribution in [3.05, 3.63) is 59.7 Å². The van der Waals surface area contributed by atoms with Crippen LogP contribution in [-0.2, 0) is 16.6 Å². The second-order valence-electron chi connectivity index (χ2n) is 6.70. The first kappa shape index (κ1) is 21.7. The Balaban J connectivity index is 2.10. The fraction of sp³-hybridized carbons (Fsp3) is 0.350. The van der Waals surface area contributed by atoms with Gasteiger partial charge in [0, 0.05) is 12.2 Å². The third-order valence-corrected chi connectivity index (χ3v) is 4.61. The van der Waals surface area contributed by atoms with Gasteiger partial charge in [-0.3, -0.25) is 0 Å². The average Bonchev–Trinajstić information content (AvgIpc) is 2.61. The third-order valence-electron chi connectivity index (χ3n) is 3.84. The number of ether oxygens (including phenoxy) is 1. The zero-order chi connectivity index (χ0) is 20.6. The molecule has 0 spiro atoms. The van der Waals surface area contributed by atoms with Crippen LogP contribution in [0.5, 0.6) is 5.75 Å². The van der Waals surface area contributed by atoms with Gasteiger partial charge >= 0.3 is 0 Å². The molecule has 0 aromatic heterocycles.